The van der Waals surface area contributed by atoms with Gasteiger partial charge in [-0.25, -0.2) is 17.9 Å². The molecule has 0 radical (unpaired) electrons. The maximum Gasteiger partial charge on any atom is 0.340 e. The molecule has 1 N–H and O–H groups in total. The molecule has 2 amide bonds. The molecule has 5 nitrogen and oxygen atoms in total. The average Bonchev–Trinajstić information content (AvgIpc) is 2.74. The van der Waals surface area contributed by atoms with E-state index in [1.165, 1.54) is 11.0 Å². The number of rotatable bonds is 6. The third kappa shape index (κ3) is 5.28. The molecule has 0 aliphatic heterocycles. The second-order valence-electron chi connectivity index (χ2n) is 6.43. The largest absolute Gasteiger partial charge is 0.340 e. The van der Waals surface area contributed by atoms with Crippen molar-refractivity contribution < 1.29 is 13.2 Å². The Hall–Kier alpha value is -3.09. The normalized spacial score (nSPS) is 11.7. The molecule has 3 rings (SSSR count). The number of allylic oxidation sites excluding steroid dienone is 1. The van der Waals surface area contributed by atoms with Crippen molar-refractivity contribution >= 4 is 45.1 Å². The van der Waals surface area contributed by atoms with Crippen molar-refractivity contribution in [2.75, 3.05) is 4.90 Å². The number of hydrogen-bond acceptors (Lipinski definition) is 3. The van der Waals surface area contributed by atoms with Crippen molar-refractivity contribution in [3.8, 4) is 0 Å². The first-order chi connectivity index (χ1) is 14.4. The van der Waals surface area contributed by atoms with Gasteiger partial charge in [-0.1, -0.05) is 67.1 Å². The predicted molar refractivity (Wildman–Crippen MR) is 122 cm³/mol. The van der Waals surface area contributed by atoms with Crippen LogP contribution in [0.1, 0.15) is 18.9 Å². The SMILES string of the molecule is CCC(=Cc1ccc(Cl)cc1)S(=O)(=O)NC(=O)N(c1ccccc1)c1ccccc1. The molecule has 3 aromatic carbocycles. The van der Waals surface area contributed by atoms with Crippen LogP contribution in [0.4, 0.5) is 16.2 Å². The van der Waals surface area contributed by atoms with E-state index in [2.05, 4.69) is 4.72 Å². The lowest BCUT2D eigenvalue weighted by Crippen LogP contribution is -2.40. The Morgan fingerprint density at radius 1 is 0.900 bits per heavy atom. The summed E-state index contributed by atoms with van der Waals surface area (Å²) in [7, 11) is -4.05. The molecule has 0 saturated carbocycles. The zero-order chi connectivity index (χ0) is 21.6. The monoisotopic (exact) mass is 440 g/mol. The highest BCUT2D eigenvalue weighted by Crippen LogP contribution is 2.26. The minimum absolute atomic E-state index is 0.0965. The van der Waals surface area contributed by atoms with Gasteiger partial charge in [-0.3, -0.25) is 4.90 Å². The molecule has 0 spiro atoms. The third-order valence-corrected chi connectivity index (χ3v) is 6.14. The van der Waals surface area contributed by atoms with Gasteiger partial charge in [0.25, 0.3) is 10.0 Å². The maximum absolute atomic E-state index is 13.1. The summed E-state index contributed by atoms with van der Waals surface area (Å²) < 4.78 is 28.1. The lowest BCUT2D eigenvalue weighted by Gasteiger charge is -2.23. The molecule has 3 aromatic rings. The number of nitrogens with zero attached hydrogens (tertiary/aromatic N) is 1. The van der Waals surface area contributed by atoms with Crippen LogP contribution in [-0.2, 0) is 10.0 Å². The Bertz CT molecular complexity index is 1090. The molecular weight excluding hydrogens is 420 g/mol. The molecule has 0 fully saturated rings. The van der Waals surface area contributed by atoms with E-state index in [4.69, 9.17) is 11.6 Å². The molecule has 0 aromatic heterocycles. The summed E-state index contributed by atoms with van der Waals surface area (Å²) in [6.07, 6.45) is 1.75. The number of halogens is 1. The number of hydrogen-bond donors (Lipinski definition) is 1. The van der Waals surface area contributed by atoms with E-state index in [1.54, 1.807) is 79.7 Å². The van der Waals surface area contributed by atoms with Gasteiger partial charge in [0.1, 0.15) is 0 Å². The zero-order valence-corrected chi connectivity index (χ0v) is 17.9. The van der Waals surface area contributed by atoms with Crippen LogP contribution in [0.5, 0.6) is 0 Å². The Labute approximate surface area is 181 Å². The summed E-state index contributed by atoms with van der Waals surface area (Å²) in [4.78, 5) is 14.5. The molecule has 0 atom stereocenters. The summed E-state index contributed by atoms with van der Waals surface area (Å²) in [6.45, 7) is 1.72. The van der Waals surface area contributed by atoms with Crippen LogP contribution < -0.4 is 9.62 Å². The zero-order valence-electron chi connectivity index (χ0n) is 16.3. The van der Waals surface area contributed by atoms with Crippen LogP contribution in [0.15, 0.2) is 89.8 Å². The van der Waals surface area contributed by atoms with Gasteiger partial charge in [0.2, 0.25) is 0 Å². The van der Waals surface area contributed by atoms with Crippen LogP contribution in [0.3, 0.4) is 0 Å². The van der Waals surface area contributed by atoms with E-state index in [-0.39, 0.29) is 11.3 Å². The molecular formula is C23H21ClN2O3S. The van der Waals surface area contributed by atoms with Gasteiger partial charge in [0.05, 0.1) is 16.3 Å². The number of benzene rings is 3. The number of carbonyl (C=O) groups is 1. The van der Waals surface area contributed by atoms with Crippen molar-refractivity contribution in [1.29, 1.82) is 0 Å². The molecule has 0 aliphatic carbocycles. The second kappa shape index (κ2) is 9.61. The molecule has 7 heteroatoms. The van der Waals surface area contributed by atoms with Crippen LogP contribution in [0.2, 0.25) is 5.02 Å². The van der Waals surface area contributed by atoms with Crippen LogP contribution in [-0.4, -0.2) is 14.4 Å². The van der Waals surface area contributed by atoms with Gasteiger partial charge < -0.3 is 0 Å². The lowest BCUT2D eigenvalue weighted by atomic mass is 10.2. The van der Waals surface area contributed by atoms with Crippen LogP contribution >= 0.6 is 11.6 Å². The van der Waals surface area contributed by atoms with E-state index in [0.29, 0.717) is 22.0 Å². The number of sulfonamides is 1. The van der Waals surface area contributed by atoms with Crippen molar-refractivity contribution in [2.24, 2.45) is 0 Å². The van der Waals surface area contributed by atoms with E-state index in [0.717, 1.165) is 0 Å². The summed E-state index contributed by atoms with van der Waals surface area (Å²) in [5.74, 6) is 0. The fourth-order valence-electron chi connectivity index (χ4n) is 2.88. The van der Waals surface area contributed by atoms with E-state index >= 15 is 0 Å². The van der Waals surface area contributed by atoms with Gasteiger partial charge >= 0.3 is 6.03 Å². The third-order valence-electron chi connectivity index (χ3n) is 4.34. The molecule has 0 aliphatic rings. The topological polar surface area (TPSA) is 66.5 Å². The van der Waals surface area contributed by atoms with Crippen molar-refractivity contribution in [3.63, 3.8) is 0 Å². The number of urea groups is 1. The maximum atomic E-state index is 13.1. The Kier molecular flexibility index (Phi) is 6.92. The molecule has 154 valence electrons. The number of anilines is 2. The highest BCUT2D eigenvalue weighted by atomic mass is 35.5. The fraction of sp³-hybridized carbons (Fsp3) is 0.0870. The first-order valence-corrected chi connectivity index (χ1v) is 11.2. The minimum Gasteiger partial charge on any atom is -0.262 e. The standard InChI is InChI=1S/C23H21ClN2O3S/c1-2-22(17-18-13-15-19(24)16-14-18)30(28,29)25-23(27)26(20-9-5-3-6-10-20)21-11-7-4-8-12-21/h3-17H,2H2,1H3,(H,25,27). The molecule has 0 saturated heterocycles. The van der Waals surface area contributed by atoms with Crippen LogP contribution in [0, 0.1) is 0 Å². The molecule has 0 bridgehead atoms. The smallest absolute Gasteiger partial charge is 0.262 e. The van der Waals surface area contributed by atoms with Gasteiger partial charge in [-0.05, 0) is 54.5 Å². The lowest BCUT2D eigenvalue weighted by molar-refractivity contribution is 0.253. The van der Waals surface area contributed by atoms with Gasteiger partial charge in [-0.15, -0.1) is 0 Å². The molecule has 0 unspecified atom stereocenters. The number of nitrogens with one attached hydrogen (secondary N) is 1. The average molecular weight is 441 g/mol. The Balaban J connectivity index is 1.93. The number of amides is 2. The molecule has 30 heavy (non-hydrogen) atoms. The van der Waals surface area contributed by atoms with E-state index in [1.807, 2.05) is 12.1 Å². The van der Waals surface area contributed by atoms with Crippen molar-refractivity contribution in [2.45, 2.75) is 13.3 Å². The van der Waals surface area contributed by atoms with E-state index < -0.39 is 16.1 Å². The highest BCUT2D eigenvalue weighted by molar-refractivity contribution is 7.94. The number of para-hydroxylation sites is 2. The first kappa shape index (κ1) is 21.6. The molecule has 0 heterocycles. The summed E-state index contributed by atoms with van der Waals surface area (Å²) >= 11 is 5.89. The summed E-state index contributed by atoms with van der Waals surface area (Å²) in [5.41, 5.74) is 1.78. The Morgan fingerprint density at radius 3 is 1.87 bits per heavy atom. The highest BCUT2D eigenvalue weighted by Gasteiger charge is 2.25. The second-order valence-corrected chi connectivity index (χ2v) is 8.60. The van der Waals surface area contributed by atoms with Gasteiger partial charge in [0, 0.05) is 5.02 Å². The first-order valence-electron chi connectivity index (χ1n) is 9.34. The number of carbonyl (C=O) groups excluding carboxylic acids is 1. The predicted octanol–water partition coefficient (Wildman–Crippen LogP) is 5.97. The minimum atomic E-state index is -4.05. The fourth-order valence-corrected chi connectivity index (χ4v) is 4.13. The summed E-state index contributed by atoms with van der Waals surface area (Å²) in [5, 5.41) is 0.558. The van der Waals surface area contributed by atoms with Crippen molar-refractivity contribution in [1.82, 2.24) is 4.72 Å². The van der Waals surface area contributed by atoms with Crippen molar-refractivity contribution in [3.05, 3.63) is 100 Å². The summed E-state index contributed by atoms with van der Waals surface area (Å²) in [6, 6.07) is 23.8. The Morgan fingerprint density at radius 2 is 1.40 bits per heavy atom. The van der Waals surface area contributed by atoms with E-state index in [9.17, 15) is 13.2 Å². The van der Waals surface area contributed by atoms with Gasteiger partial charge in [0.15, 0.2) is 0 Å². The van der Waals surface area contributed by atoms with Crippen LogP contribution in [0.25, 0.3) is 6.08 Å². The van der Waals surface area contributed by atoms with Gasteiger partial charge in [-0.2, -0.15) is 0 Å². The quantitative estimate of drug-likeness (QED) is 0.513.